The summed E-state index contributed by atoms with van der Waals surface area (Å²) in [7, 11) is -3.87. The van der Waals surface area contributed by atoms with Crippen molar-refractivity contribution in [2.75, 3.05) is 0 Å². The van der Waals surface area contributed by atoms with Gasteiger partial charge in [0.05, 0.1) is 17.7 Å². The van der Waals surface area contributed by atoms with Crippen LogP contribution >= 0.6 is 0 Å². The molecule has 0 fully saturated rings. The molecule has 0 aliphatic rings. The molecule has 1 aromatic carbocycles. The first-order valence-electron chi connectivity index (χ1n) is 5.91. The van der Waals surface area contributed by atoms with Gasteiger partial charge >= 0.3 is 10.1 Å². The fourth-order valence-electron chi connectivity index (χ4n) is 1.42. The molecule has 1 atom stereocenters. The number of nitriles is 1. The van der Waals surface area contributed by atoms with Crippen molar-refractivity contribution in [2.24, 2.45) is 11.1 Å². The molecule has 102 valence electrons. The number of hydrogen-bond acceptors (Lipinski definition) is 5. The zero-order valence-electron chi connectivity index (χ0n) is 10.9. The van der Waals surface area contributed by atoms with E-state index in [1.807, 2.05) is 6.92 Å². The zero-order chi connectivity index (χ0) is 14.3. The molecule has 0 radical (unpaired) electrons. The number of benzene rings is 1. The summed E-state index contributed by atoms with van der Waals surface area (Å²) in [4.78, 5) is 0.0545. The van der Waals surface area contributed by atoms with Crippen molar-refractivity contribution >= 4 is 15.8 Å². The molecule has 0 saturated heterocycles. The summed E-state index contributed by atoms with van der Waals surface area (Å²) in [6.07, 6.45) is 1.09. The van der Waals surface area contributed by atoms with Crippen LogP contribution in [0, 0.1) is 17.2 Å². The van der Waals surface area contributed by atoms with Crippen LogP contribution in [0.1, 0.15) is 26.7 Å². The Hall–Kier alpha value is -1.87. The minimum atomic E-state index is -3.87. The lowest BCUT2D eigenvalue weighted by Crippen LogP contribution is -2.07. The maximum Gasteiger partial charge on any atom is 0.358 e. The maximum atomic E-state index is 11.8. The van der Waals surface area contributed by atoms with Crippen molar-refractivity contribution in [1.82, 2.24) is 0 Å². The average Bonchev–Trinajstić information content (AvgIpc) is 2.43. The van der Waals surface area contributed by atoms with E-state index in [1.54, 1.807) is 25.1 Å². The third-order valence-electron chi connectivity index (χ3n) is 2.54. The Morgan fingerprint density at radius 3 is 2.58 bits per heavy atom. The summed E-state index contributed by atoms with van der Waals surface area (Å²) >= 11 is 0. The fourth-order valence-corrected chi connectivity index (χ4v) is 2.22. The lowest BCUT2D eigenvalue weighted by molar-refractivity contribution is 0.336. The number of nitrogens with zero attached hydrogens (tertiary/aromatic N) is 2. The lowest BCUT2D eigenvalue weighted by Gasteiger charge is -2.05. The van der Waals surface area contributed by atoms with Crippen LogP contribution in [0.4, 0.5) is 0 Å². The first kappa shape index (κ1) is 15.2. The monoisotopic (exact) mass is 280 g/mol. The van der Waals surface area contributed by atoms with E-state index in [0.29, 0.717) is 18.6 Å². The molecule has 0 aromatic heterocycles. The Kier molecular flexibility index (Phi) is 5.52. The third-order valence-corrected chi connectivity index (χ3v) is 3.66. The molecule has 1 unspecified atom stereocenters. The normalized spacial score (nSPS) is 13.6. The number of rotatable bonds is 6. The van der Waals surface area contributed by atoms with Gasteiger partial charge in [0, 0.05) is 6.42 Å². The summed E-state index contributed by atoms with van der Waals surface area (Å²) < 4.78 is 28.2. The molecule has 19 heavy (non-hydrogen) atoms. The predicted molar refractivity (Wildman–Crippen MR) is 71.8 cm³/mol. The topological polar surface area (TPSA) is 79.5 Å². The van der Waals surface area contributed by atoms with E-state index in [4.69, 9.17) is 5.26 Å². The van der Waals surface area contributed by atoms with Crippen LogP contribution in [0.5, 0.6) is 0 Å². The van der Waals surface area contributed by atoms with E-state index in [9.17, 15) is 8.42 Å². The van der Waals surface area contributed by atoms with Gasteiger partial charge in [0.1, 0.15) is 4.90 Å². The van der Waals surface area contributed by atoms with Crippen LogP contribution in [-0.4, -0.2) is 14.1 Å². The van der Waals surface area contributed by atoms with Gasteiger partial charge in [-0.05, 0) is 25.5 Å². The standard InChI is InChI=1S/C13H16N2O3S/c1-3-12(10-14)9-11(2)15-18-19(16,17)13-7-5-4-6-8-13/h4-8,12H,3,9H2,1-2H3/b15-11+. The molecule has 1 aromatic rings. The highest BCUT2D eigenvalue weighted by molar-refractivity contribution is 7.86. The Morgan fingerprint density at radius 2 is 2.05 bits per heavy atom. The van der Waals surface area contributed by atoms with Crippen LogP contribution < -0.4 is 0 Å². The smallest absolute Gasteiger partial charge is 0.265 e. The minimum absolute atomic E-state index is 0.0545. The van der Waals surface area contributed by atoms with Crippen molar-refractivity contribution < 1.29 is 12.7 Å². The lowest BCUT2D eigenvalue weighted by atomic mass is 10.0. The fraction of sp³-hybridized carbons (Fsp3) is 0.385. The molecule has 5 nitrogen and oxygen atoms in total. The molecule has 0 bridgehead atoms. The van der Waals surface area contributed by atoms with Gasteiger partial charge in [-0.1, -0.05) is 30.3 Å². The molecule has 1 rings (SSSR count). The van der Waals surface area contributed by atoms with Crippen molar-refractivity contribution in [3.05, 3.63) is 30.3 Å². The molecular weight excluding hydrogens is 264 g/mol. The molecule has 0 saturated carbocycles. The number of oxime groups is 1. The van der Waals surface area contributed by atoms with Gasteiger partial charge in [0.15, 0.2) is 0 Å². The highest BCUT2D eigenvalue weighted by Gasteiger charge is 2.15. The summed E-state index contributed by atoms with van der Waals surface area (Å²) in [5, 5.41) is 12.4. The predicted octanol–water partition coefficient (Wildman–Crippen LogP) is 2.71. The zero-order valence-corrected chi connectivity index (χ0v) is 11.7. The highest BCUT2D eigenvalue weighted by atomic mass is 32.2. The van der Waals surface area contributed by atoms with Gasteiger partial charge < -0.3 is 0 Å². The molecule has 0 aliphatic carbocycles. The summed E-state index contributed by atoms with van der Waals surface area (Å²) in [6, 6.07) is 9.92. The van der Waals surface area contributed by atoms with E-state index in [1.165, 1.54) is 12.1 Å². The molecule has 0 aliphatic heterocycles. The largest absolute Gasteiger partial charge is 0.358 e. The Morgan fingerprint density at radius 1 is 1.42 bits per heavy atom. The van der Waals surface area contributed by atoms with Gasteiger partial charge in [-0.25, -0.2) is 0 Å². The van der Waals surface area contributed by atoms with Crippen molar-refractivity contribution in [3.63, 3.8) is 0 Å². The quantitative estimate of drug-likeness (QED) is 0.592. The molecule has 0 spiro atoms. The van der Waals surface area contributed by atoms with Gasteiger partial charge in [-0.2, -0.15) is 13.7 Å². The molecular formula is C13H16N2O3S. The van der Waals surface area contributed by atoms with Gasteiger partial charge in [0.2, 0.25) is 0 Å². The first-order chi connectivity index (χ1) is 8.99. The minimum Gasteiger partial charge on any atom is -0.265 e. The van der Waals surface area contributed by atoms with E-state index in [-0.39, 0.29) is 10.8 Å². The van der Waals surface area contributed by atoms with E-state index in [0.717, 1.165) is 0 Å². The SMILES string of the molecule is CCC(C#N)C/C(C)=N/OS(=O)(=O)c1ccccc1. The molecule has 0 amide bonds. The van der Waals surface area contributed by atoms with Crippen molar-refractivity contribution in [1.29, 1.82) is 5.26 Å². The van der Waals surface area contributed by atoms with Gasteiger partial charge in [-0.15, -0.1) is 0 Å². The van der Waals surface area contributed by atoms with Crippen LogP contribution in [0.15, 0.2) is 40.4 Å². The second-order valence-electron chi connectivity index (χ2n) is 4.11. The Bertz CT molecular complexity index is 574. The van der Waals surface area contributed by atoms with Crippen LogP contribution in [0.3, 0.4) is 0 Å². The second kappa shape index (κ2) is 6.90. The highest BCUT2D eigenvalue weighted by Crippen LogP contribution is 2.13. The van der Waals surface area contributed by atoms with Crippen molar-refractivity contribution in [3.8, 4) is 6.07 Å². The second-order valence-corrected chi connectivity index (χ2v) is 5.64. The molecule has 0 N–H and O–H groups in total. The van der Waals surface area contributed by atoms with Gasteiger partial charge in [-0.3, -0.25) is 4.28 Å². The molecule has 6 heteroatoms. The van der Waals surface area contributed by atoms with E-state index >= 15 is 0 Å². The van der Waals surface area contributed by atoms with Crippen molar-refractivity contribution in [2.45, 2.75) is 31.6 Å². The first-order valence-corrected chi connectivity index (χ1v) is 7.32. The van der Waals surface area contributed by atoms with Crippen LogP contribution in [-0.2, 0) is 14.4 Å². The Labute approximate surface area is 113 Å². The number of hydrogen-bond donors (Lipinski definition) is 0. The van der Waals surface area contributed by atoms with E-state index < -0.39 is 10.1 Å². The third kappa shape index (κ3) is 4.72. The summed E-state index contributed by atoms with van der Waals surface area (Å²) in [5.74, 6) is -0.174. The van der Waals surface area contributed by atoms with Crippen LogP contribution in [0.25, 0.3) is 0 Å². The summed E-state index contributed by atoms with van der Waals surface area (Å²) in [5.41, 5.74) is 0.480. The van der Waals surface area contributed by atoms with Gasteiger partial charge in [0.25, 0.3) is 0 Å². The maximum absolute atomic E-state index is 11.8. The van der Waals surface area contributed by atoms with E-state index in [2.05, 4.69) is 15.5 Å². The van der Waals surface area contributed by atoms with Crippen LogP contribution in [0.2, 0.25) is 0 Å². The summed E-state index contributed by atoms with van der Waals surface area (Å²) in [6.45, 7) is 3.53. The molecule has 0 heterocycles. The average molecular weight is 280 g/mol. The Balaban J connectivity index is 2.73.